The zero-order chi connectivity index (χ0) is 13.4. The average Bonchev–Trinajstić information content (AvgIpc) is 2.33. The molecule has 0 fully saturated rings. The van der Waals surface area contributed by atoms with E-state index in [1.807, 2.05) is 14.1 Å². The normalized spacial score (nSPS) is 10.4. The number of aliphatic hydroxyl groups is 1. The quantitative estimate of drug-likeness (QED) is 0.695. The number of rotatable bonds is 8. The van der Waals surface area contributed by atoms with Gasteiger partial charge in [-0.3, -0.25) is 0 Å². The Balaban J connectivity index is 2.37. The molecule has 0 saturated carbocycles. The second-order valence-corrected chi connectivity index (χ2v) is 5.30. The number of thioether (sulfide) groups is 1. The predicted molar refractivity (Wildman–Crippen MR) is 76.7 cm³/mol. The van der Waals surface area contributed by atoms with E-state index < -0.39 is 0 Å². The Morgan fingerprint density at radius 1 is 1.28 bits per heavy atom. The standard InChI is InChI=1S/C10H18ClN5OS/c1-16(2)10-14-8(11)13-9(15-10)12-4-7-18-6-3-5-17/h17H,3-7H2,1-2H3,(H,12,13,14,15). The largest absolute Gasteiger partial charge is 0.396 e. The molecule has 0 aliphatic heterocycles. The summed E-state index contributed by atoms with van der Waals surface area (Å²) in [5.74, 6) is 2.91. The third kappa shape index (κ3) is 5.70. The van der Waals surface area contributed by atoms with E-state index in [9.17, 15) is 0 Å². The number of hydrogen-bond acceptors (Lipinski definition) is 7. The van der Waals surface area contributed by atoms with Crippen molar-refractivity contribution in [1.82, 2.24) is 15.0 Å². The molecule has 0 aliphatic carbocycles. The second-order valence-electron chi connectivity index (χ2n) is 3.74. The van der Waals surface area contributed by atoms with E-state index in [2.05, 4.69) is 20.3 Å². The molecule has 0 aliphatic rings. The molecule has 0 atom stereocenters. The van der Waals surface area contributed by atoms with Crippen LogP contribution in [0.25, 0.3) is 0 Å². The highest BCUT2D eigenvalue weighted by molar-refractivity contribution is 7.99. The summed E-state index contributed by atoms with van der Waals surface area (Å²) in [5.41, 5.74) is 0. The van der Waals surface area contributed by atoms with Crippen molar-refractivity contribution < 1.29 is 5.11 Å². The van der Waals surface area contributed by atoms with E-state index in [1.165, 1.54) is 0 Å². The van der Waals surface area contributed by atoms with Crippen molar-refractivity contribution in [2.75, 3.05) is 49.0 Å². The fourth-order valence-corrected chi connectivity index (χ4v) is 2.06. The second kappa shape index (κ2) is 8.34. The first kappa shape index (κ1) is 15.3. The van der Waals surface area contributed by atoms with Crippen LogP contribution < -0.4 is 10.2 Å². The minimum absolute atomic E-state index is 0.184. The number of nitrogens with one attached hydrogen (secondary N) is 1. The molecule has 0 radical (unpaired) electrons. The maximum absolute atomic E-state index is 8.64. The van der Waals surface area contributed by atoms with E-state index in [0.717, 1.165) is 24.5 Å². The van der Waals surface area contributed by atoms with Crippen molar-refractivity contribution in [2.24, 2.45) is 0 Å². The summed E-state index contributed by atoms with van der Waals surface area (Å²) in [5, 5.41) is 11.9. The van der Waals surface area contributed by atoms with E-state index >= 15 is 0 Å². The van der Waals surface area contributed by atoms with Gasteiger partial charge in [0.05, 0.1) is 0 Å². The van der Waals surface area contributed by atoms with Crippen molar-refractivity contribution in [3.05, 3.63) is 5.28 Å². The molecule has 8 heteroatoms. The maximum Gasteiger partial charge on any atom is 0.230 e. The maximum atomic E-state index is 8.64. The molecule has 0 unspecified atom stereocenters. The van der Waals surface area contributed by atoms with Crippen LogP contribution in [0.2, 0.25) is 5.28 Å². The lowest BCUT2D eigenvalue weighted by Crippen LogP contribution is -2.16. The van der Waals surface area contributed by atoms with Crippen LogP contribution in [-0.2, 0) is 0 Å². The minimum Gasteiger partial charge on any atom is -0.396 e. The topological polar surface area (TPSA) is 74.2 Å². The predicted octanol–water partition coefficient (Wildman–Crippen LogP) is 1.12. The molecular formula is C10H18ClN5OS. The Morgan fingerprint density at radius 2 is 2.06 bits per heavy atom. The SMILES string of the molecule is CN(C)c1nc(Cl)nc(NCCSCCCO)n1. The number of anilines is 2. The van der Waals surface area contributed by atoms with Crippen LogP contribution in [0.5, 0.6) is 0 Å². The molecule has 1 aromatic rings. The fourth-order valence-electron chi connectivity index (χ4n) is 1.12. The van der Waals surface area contributed by atoms with Gasteiger partial charge < -0.3 is 15.3 Å². The van der Waals surface area contributed by atoms with Crippen LogP contribution in [-0.4, -0.2) is 58.8 Å². The van der Waals surface area contributed by atoms with Crippen molar-refractivity contribution in [3.63, 3.8) is 0 Å². The lowest BCUT2D eigenvalue weighted by atomic mass is 10.5. The Morgan fingerprint density at radius 3 is 2.72 bits per heavy atom. The molecule has 1 aromatic heterocycles. The van der Waals surface area contributed by atoms with Crippen molar-refractivity contribution >= 4 is 35.3 Å². The van der Waals surface area contributed by atoms with Gasteiger partial charge in [0.2, 0.25) is 17.2 Å². The lowest BCUT2D eigenvalue weighted by molar-refractivity contribution is 0.296. The molecule has 2 N–H and O–H groups in total. The first-order valence-electron chi connectivity index (χ1n) is 5.65. The first-order chi connectivity index (χ1) is 8.63. The van der Waals surface area contributed by atoms with Gasteiger partial charge in [0, 0.05) is 33.0 Å². The van der Waals surface area contributed by atoms with Gasteiger partial charge in [-0.05, 0) is 23.8 Å². The number of nitrogens with zero attached hydrogens (tertiary/aromatic N) is 4. The highest BCUT2D eigenvalue weighted by Crippen LogP contribution is 2.11. The number of aliphatic hydroxyl groups excluding tert-OH is 1. The highest BCUT2D eigenvalue weighted by atomic mass is 35.5. The minimum atomic E-state index is 0.184. The van der Waals surface area contributed by atoms with Crippen molar-refractivity contribution in [2.45, 2.75) is 6.42 Å². The van der Waals surface area contributed by atoms with Crippen LogP contribution in [0, 0.1) is 0 Å². The molecular weight excluding hydrogens is 274 g/mol. The molecule has 102 valence electrons. The first-order valence-corrected chi connectivity index (χ1v) is 7.18. The van der Waals surface area contributed by atoms with Gasteiger partial charge in [0.15, 0.2) is 0 Å². The summed E-state index contributed by atoms with van der Waals surface area (Å²) in [6, 6.07) is 0. The van der Waals surface area contributed by atoms with Gasteiger partial charge in [-0.2, -0.15) is 26.7 Å². The number of halogens is 1. The van der Waals surface area contributed by atoms with E-state index in [-0.39, 0.29) is 11.9 Å². The van der Waals surface area contributed by atoms with Gasteiger partial charge in [-0.15, -0.1) is 0 Å². The fraction of sp³-hybridized carbons (Fsp3) is 0.700. The summed E-state index contributed by atoms with van der Waals surface area (Å²) >= 11 is 7.59. The van der Waals surface area contributed by atoms with E-state index in [0.29, 0.717) is 11.9 Å². The average molecular weight is 292 g/mol. The Kier molecular flexibility index (Phi) is 7.07. The third-order valence-corrected chi connectivity index (χ3v) is 3.21. The molecule has 18 heavy (non-hydrogen) atoms. The number of aromatic nitrogens is 3. The van der Waals surface area contributed by atoms with Crippen molar-refractivity contribution in [3.8, 4) is 0 Å². The Labute approximate surface area is 116 Å². The van der Waals surface area contributed by atoms with Gasteiger partial charge in [-0.1, -0.05) is 0 Å². The highest BCUT2D eigenvalue weighted by Gasteiger charge is 2.05. The number of hydrogen-bond donors (Lipinski definition) is 2. The Bertz CT molecular complexity index is 366. The van der Waals surface area contributed by atoms with Gasteiger partial charge in [0.25, 0.3) is 0 Å². The summed E-state index contributed by atoms with van der Waals surface area (Å²) in [7, 11) is 3.69. The molecule has 0 aromatic carbocycles. The summed E-state index contributed by atoms with van der Waals surface area (Å²) in [6.45, 7) is 0.999. The van der Waals surface area contributed by atoms with Crippen LogP contribution in [0.3, 0.4) is 0 Å². The van der Waals surface area contributed by atoms with Crippen LogP contribution in [0.1, 0.15) is 6.42 Å². The molecule has 0 spiro atoms. The van der Waals surface area contributed by atoms with Crippen LogP contribution >= 0.6 is 23.4 Å². The zero-order valence-electron chi connectivity index (χ0n) is 10.6. The molecule has 0 bridgehead atoms. The molecule has 0 amide bonds. The third-order valence-electron chi connectivity index (χ3n) is 1.97. The summed E-state index contributed by atoms with van der Waals surface area (Å²) < 4.78 is 0. The van der Waals surface area contributed by atoms with E-state index in [1.54, 1.807) is 16.7 Å². The van der Waals surface area contributed by atoms with Crippen LogP contribution in [0.4, 0.5) is 11.9 Å². The molecule has 0 saturated heterocycles. The van der Waals surface area contributed by atoms with Gasteiger partial charge >= 0.3 is 0 Å². The van der Waals surface area contributed by atoms with Gasteiger partial charge in [0.1, 0.15) is 0 Å². The van der Waals surface area contributed by atoms with Crippen molar-refractivity contribution in [1.29, 1.82) is 0 Å². The Hall–Kier alpha value is -0.790. The summed E-state index contributed by atoms with van der Waals surface area (Å²) in [6.07, 6.45) is 0.826. The molecule has 1 rings (SSSR count). The summed E-state index contributed by atoms with van der Waals surface area (Å²) in [4.78, 5) is 14.0. The van der Waals surface area contributed by atoms with E-state index in [4.69, 9.17) is 16.7 Å². The van der Waals surface area contributed by atoms with Crippen LogP contribution in [0.15, 0.2) is 0 Å². The smallest absolute Gasteiger partial charge is 0.230 e. The zero-order valence-corrected chi connectivity index (χ0v) is 12.1. The monoisotopic (exact) mass is 291 g/mol. The molecule has 1 heterocycles. The molecule has 6 nitrogen and oxygen atoms in total. The van der Waals surface area contributed by atoms with Gasteiger partial charge in [-0.25, -0.2) is 0 Å². The lowest BCUT2D eigenvalue weighted by Gasteiger charge is -2.11.